The molecule has 0 bridgehead atoms. The van der Waals surface area contributed by atoms with Crippen LogP contribution in [0.1, 0.15) is 58.0 Å². The Hall–Kier alpha value is -2.48. The van der Waals surface area contributed by atoms with Crippen molar-refractivity contribution >= 4 is 22.9 Å². The van der Waals surface area contributed by atoms with E-state index in [4.69, 9.17) is 9.47 Å². The number of nitrogens with zero attached hydrogens (tertiary/aromatic N) is 3. The minimum atomic E-state index is -0.546. The molecule has 172 valence electrons. The number of imidazole rings is 1. The molecule has 2 heterocycles. The Kier molecular flexibility index (Phi) is 9.43. The van der Waals surface area contributed by atoms with Gasteiger partial charge in [-0.15, -0.1) is 0 Å². The average Bonchev–Trinajstić information content (AvgIpc) is 3.11. The molecule has 31 heavy (non-hydrogen) atoms. The highest BCUT2D eigenvalue weighted by Crippen LogP contribution is 2.19. The van der Waals surface area contributed by atoms with Crippen LogP contribution in [0, 0.1) is 12.8 Å². The van der Waals surface area contributed by atoms with Crippen LogP contribution in [0.5, 0.6) is 0 Å². The van der Waals surface area contributed by atoms with Crippen molar-refractivity contribution in [1.29, 1.82) is 0 Å². The number of likely N-dealkylation sites (N-methyl/N-ethyl adjacent to an activating group) is 1. The first-order chi connectivity index (χ1) is 14.8. The Morgan fingerprint density at radius 1 is 1.29 bits per heavy atom. The molecule has 0 aliphatic carbocycles. The summed E-state index contributed by atoms with van der Waals surface area (Å²) in [6, 6.07) is 1.36. The summed E-state index contributed by atoms with van der Waals surface area (Å²) in [6.07, 6.45) is 4.64. The first-order valence-corrected chi connectivity index (χ1v) is 11.0. The van der Waals surface area contributed by atoms with Crippen molar-refractivity contribution in [3.8, 4) is 0 Å². The van der Waals surface area contributed by atoms with Crippen molar-refractivity contribution in [2.24, 2.45) is 5.92 Å². The van der Waals surface area contributed by atoms with Gasteiger partial charge in [0.15, 0.2) is 0 Å². The number of methoxy groups -OCH3 is 1. The lowest BCUT2D eigenvalue weighted by atomic mass is 10.0. The fraction of sp³-hybridized carbons (Fsp3) is 0.652. The number of H-pyrrole nitrogens is 1. The summed E-state index contributed by atoms with van der Waals surface area (Å²) in [5.41, 5.74) is 2.71. The minimum Gasteiger partial charge on any atom is -0.464 e. The molecule has 8 heteroatoms. The maximum absolute atomic E-state index is 12.7. The van der Waals surface area contributed by atoms with Crippen LogP contribution in [-0.2, 0) is 25.5 Å². The predicted molar refractivity (Wildman–Crippen MR) is 120 cm³/mol. The molecular formula is C23H36N4O4. The summed E-state index contributed by atoms with van der Waals surface area (Å²) in [7, 11) is 3.36. The monoisotopic (exact) mass is 432 g/mol. The number of nitrogens with one attached hydrogen (secondary N) is 1. The van der Waals surface area contributed by atoms with Crippen LogP contribution in [-0.4, -0.2) is 64.6 Å². The molecule has 0 saturated carbocycles. The fourth-order valence-electron chi connectivity index (χ4n) is 3.71. The summed E-state index contributed by atoms with van der Waals surface area (Å²) in [5.74, 6) is 0.736. The van der Waals surface area contributed by atoms with E-state index in [0.29, 0.717) is 38.7 Å². The number of esters is 1. The zero-order valence-electron chi connectivity index (χ0n) is 19.6. The largest absolute Gasteiger partial charge is 0.464 e. The van der Waals surface area contributed by atoms with Gasteiger partial charge in [-0.25, -0.2) is 9.78 Å². The molecule has 2 atom stereocenters. The van der Waals surface area contributed by atoms with Crippen molar-refractivity contribution < 1.29 is 19.1 Å². The number of hydrogen-bond donors (Lipinski definition) is 1. The van der Waals surface area contributed by atoms with Crippen LogP contribution in [0.4, 0.5) is 0 Å². The Bertz CT molecular complexity index is 864. The molecule has 1 amide bonds. The predicted octanol–water partition coefficient (Wildman–Crippen LogP) is 3.43. The number of carbonyl (C=O) groups excluding carboxylic acids is 2. The van der Waals surface area contributed by atoms with Crippen LogP contribution in [0.15, 0.2) is 12.3 Å². The SMILES string of the molecule is CCOC(=O)[C@H](CC(C)C)N(C)C(=O)CCCC(Cc1nccc2[nH]c(C)nc12)OC. The van der Waals surface area contributed by atoms with E-state index in [1.165, 1.54) is 4.90 Å². The Morgan fingerprint density at radius 2 is 2.03 bits per heavy atom. The molecule has 0 saturated heterocycles. The highest BCUT2D eigenvalue weighted by Gasteiger charge is 2.28. The van der Waals surface area contributed by atoms with Gasteiger partial charge in [0.25, 0.3) is 0 Å². The van der Waals surface area contributed by atoms with Crippen LogP contribution >= 0.6 is 0 Å². The molecule has 0 aromatic carbocycles. The van der Waals surface area contributed by atoms with Crippen molar-refractivity contribution in [3.05, 3.63) is 23.8 Å². The molecule has 1 N–H and O–H groups in total. The first-order valence-electron chi connectivity index (χ1n) is 11.0. The van der Waals surface area contributed by atoms with E-state index in [1.54, 1.807) is 27.3 Å². The van der Waals surface area contributed by atoms with Gasteiger partial charge >= 0.3 is 5.97 Å². The maximum Gasteiger partial charge on any atom is 0.328 e. The lowest BCUT2D eigenvalue weighted by molar-refractivity contribution is -0.154. The van der Waals surface area contributed by atoms with E-state index in [9.17, 15) is 9.59 Å². The van der Waals surface area contributed by atoms with Crippen LogP contribution in [0.2, 0.25) is 0 Å². The summed E-state index contributed by atoms with van der Waals surface area (Å²) in [4.78, 5) is 38.8. The van der Waals surface area contributed by atoms with E-state index in [2.05, 4.69) is 15.0 Å². The number of pyridine rings is 1. The second-order valence-electron chi connectivity index (χ2n) is 8.33. The summed E-state index contributed by atoms with van der Waals surface area (Å²) in [6.45, 7) is 8.06. The van der Waals surface area contributed by atoms with E-state index in [0.717, 1.165) is 22.6 Å². The summed E-state index contributed by atoms with van der Waals surface area (Å²) in [5, 5.41) is 0. The smallest absolute Gasteiger partial charge is 0.328 e. The quantitative estimate of drug-likeness (QED) is 0.516. The molecule has 2 aromatic rings. The zero-order chi connectivity index (χ0) is 23.0. The molecule has 0 aliphatic heterocycles. The Labute approximate surface area is 184 Å². The number of ether oxygens (including phenoxy) is 2. The van der Waals surface area contributed by atoms with Crippen molar-refractivity contribution in [1.82, 2.24) is 19.9 Å². The highest BCUT2D eigenvalue weighted by molar-refractivity contribution is 5.84. The van der Waals surface area contributed by atoms with Gasteiger partial charge in [-0.3, -0.25) is 9.78 Å². The van der Waals surface area contributed by atoms with Crippen LogP contribution in [0.25, 0.3) is 11.0 Å². The summed E-state index contributed by atoms with van der Waals surface area (Å²) >= 11 is 0. The number of amides is 1. The Morgan fingerprint density at radius 3 is 2.68 bits per heavy atom. The molecule has 8 nitrogen and oxygen atoms in total. The second kappa shape index (κ2) is 11.8. The average molecular weight is 433 g/mol. The van der Waals surface area contributed by atoms with Gasteiger partial charge in [0.1, 0.15) is 17.4 Å². The lowest BCUT2D eigenvalue weighted by Gasteiger charge is -2.28. The van der Waals surface area contributed by atoms with E-state index >= 15 is 0 Å². The highest BCUT2D eigenvalue weighted by atomic mass is 16.5. The topological polar surface area (TPSA) is 97.4 Å². The normalized spacial score (nSPS) is 13.4. The van der Waals surface area contributed by atoms with Crippen molar-refractivity contribution in [3.63, 3.8) is 0 Å². The zero-order valence-corrected chi connectivity index (χ0v) is 19.6. The number of hydrogen-bond acceptors (Lipinski definition) is 6. The standard InChI is InChI=1S/C23H36N4O4/c1-7-31-23(29)20(13-15(2)3)27(5)21(28)10-8-9-17(30-6)14-19-22-18(11-12-24-19)25-16(4)26-22/h11-12,15,17,20H,7-10,13-14H2,1-6H3,(H,25,26)/t17?,20-/m0/s1. The second-order valence-corrected chi connectivity index (χ2v) is 8.33. The minimum absolute atomic E-state index is 0.0586. The third-order valence-corrected chi connectivity index (χ3v) is 5.38. The van der Waals surface area contributed by atoms with Gasteiger partial charge in [-0.05, 0) is 45.1 Å². The third kappa shape index (κ3) is 7.02. The molecule has 1 unspecified atom stereocenters. The molecule has 2 rings (SSSR count). The number of rotatable bonds is 12. The molecule has 0 spiro atoms. The van der Waals surface area contributed by atoms with Gasteiger partial charge in [0.05, 0.1) is 23.9 Å². The number of fused-ring (bicyclic) bond motifs is 1. The van der Waals surface area contributed by atoms with Crippen LogP contribution in [0.3, 0.4) is 0 Å². The molecule has 2 aromatic heterocycles. The van der Waals surface area contributed by atoms with Gasteiger partial charge in [0.2, 0.25) is 5.91 Å². The molecule has 0 fully saturated rings. The summed E-state index contributed by atoms with van der Waals surface area (Å²) < 4.78 is 10.8. The van der Waals surface area contributed by atoms with E-state index in [1.807, 2.05) is 26.8 Å². The van der Waals surface area contributed by atoms with Gasteiger partial charge in [-0.1, -0.05) is 13.8 Å². The number of aromatic nitrogens is 3. The van der Waals surface area contributed by atoms with Crippen molar-refractivity contribution in [2.45, 2.75) is 71.9 Å². The lowest BCUT2D eigenvalue weighted by Crippen LogP contribution is -2.44. The van der Waals surface area contributed by atoms with Gasteiger partial charge in [0, 0.05) is 33.2 Å². The molecular weight excluding hydrogens is 396 g/mol. The number of aryl methyl sites for hydroxylation is 1. The van der Waals surface area contributed by atoms with E-state index < -0.39 is 6.04 Å². The Balaban J connectivity index is 1.93. The van der Waals surface area contributed by atoms with Gasteiger partial charge < -0.3 is 19.4 Å². The maximum atomic E-state index is 12.7. The molecule has 0 aliphatic rings. The first kappa shape index (κ1) is 24.8. The fourth-order valence-corrected chi connectivity index (χ4v) is 3.71. The number of carbonyl (C=O) groups is 2. The third-order valence-electron chi connectivity index (χ3n) is 5.38. The number of aromatic amines is 1. The van der Waals surface area contributed by atoms with E-state index in [-0.39, 0.29) is 23.9 Å². The van der Waals surface area contributed by atoms with Crippen molar-refractivity contribution in [2.75, 3.05) is 20.8 Å². The van der Waals surface area contributed by atoms with Gasteiger partial charge in [-0.2, -0.15) is 0 Å². The molecule has 0 radical (unpaired) electrons. The van der Waals surface area contributed by atoms with Crippen LogP contribution < -0.4 is 0 Å².